The summed E-state index contributed by atoms with van der Waals surface area (Å²) in [4.78, 5) is 5.25. The van der Waals surface area contributed by atoms with Crippen LogP contribution in [0.2, 0.25) is 0 Å². The molecule has 46 heavy (non-hydrogen) atoms. The largest absolute Gasteiger partial charge is 0.356 e. The van der Waals surface area contributed by atoms with Crippen molar-refractivity contribution in [1.82, 2.24) is 0 Å². The van der Waals surface area contributed by atoms with Crippen molar-refractivity contribution in [3.8, 4) is 11.1 Å². The van der Waals surface area contributed by atoms with Crippen LogP contribution >= 0.6 is 0 Å². The van der Waals surface area contributed by atoms with Crippen molar-refractivity contribution in [2.75, 3.05) is 9.80 Å². The van der Waals surface area contributed by atoms with Crippen molar-refractivity contribution in [1.29, 1.82) is 0 Å². The fourth-order valence-corrected chi connectivity index (χ4v) is 8.63. The summed E-state index contributed by atoms with van der Waals surface area (Å²) in [6.45, 7) is 4.42. The Bertz CT molecular complexity index is 2050. The predicted molar refractivity (Wildman–Crippen MR) is 194 cm³/mol. The fraction of sp³-hybridized carbons (Fsp3) is 0.182. The molecule has 2 nitrogen and oxygen atoms in total. The Labute approximate surface area is 272 Å². The van der Waals surface area contributed by atoms with Crippen LogP contribution in [0.5, 0.6) is 0 Å². The van der Waals surface area contributed by atoms with E-state index in [-0.39, 0.29) is 18.0 Å². The number of benzene rings is 4. The van der Waals surface area contributed by atoms with E-state index in [0.29, 0.717) is 12.0 Å². The second-order valence-electron chi connectivity index (χ2n) is 13.4. The Hall–Kier alpha value is -5.08. The minimum atomic E-state index is 0.250. The van der Waals surface area contributed by atoms with Gasteiger partial charge in [-0.25, -0.2) is 0 Å². The predicted octanol–water partition coefficient (Wildman–Crippen LogP) is 10.6. The van der Waals surface area contributed by atoms with E-state index in [4.69, 9.17) is 0 Å². The summed E-state index contributed by atoms with van der Waals surface area (Å²) < 4.78 is 0. The van der Waals surface area contributed by atoms with E-state index in [1.165, 1.54) is 61.6 Å². The summed E-state index contributed by atoms with van der Waals surface area (Å²) >= 11 is 0. The van der Waals surface area contributed by atoms with Gasteiger partial charge < -0.3 is 9.80 Å². The van der Waals surface area contributed by atoms with E-state index in [1.807, 2.05) is 0 Å². The second kappa shape index (κ2) is 10.8. The zero-order valence-electron chi connectivity index (χ0n) is 26.4. The van der Waals surface area contributed by atoms with Crippen molar-refractivity contribution in [3.05, 3.63) is 180 Å². The molecule has 2 heterocycles. The molecule has 0 bridgehead atoms. The topological polar surface area (TPSA) is 6.48 Å². The van der Waals surface area contributed by atoms with Gasteiger partial charge in [-0.05, 0) is 77.9 Å². The number of aryl methyl sites for hydroxylation is 1. The molecular weight excluding hydrogens is 556 g/mol. The molecule has 3 aliphatic carbocycles. The van der Waals surface area contributed by atoms with E-state index >= 15 is 0 Å². The molecule has 0 saturated carbocycles. The van der Waals surface area contributed by atoms with Crippen LogP contribution in [0.3, 0.4) is 0 Å². The fourth-order valence-electron chi connectivity index (χ4n) is 8.63. The summed E-state index contributed by atoms with van der Waals surface area (Å²) in [5.74, 6) is 0.551. The number of nitrogens with zero attached hydrogens (tertiary/aromatic N) is 2. The van der Waals surface area contributed by atoms with E-state index in [0.717, 1.165) is 6.42 Å². The molecule has 4 aromatic carbocycles. The van der Waals surface area contributed by atoms with Gasteiger partial charge in [-0.1, -0.05) is 133 Å². The molecule has 5 unspecified atom stereocenters. The van der Waals surface area contributed by atoms with Gasteiger partial charge in [-0.2, -0.15) is 0 Å². The number of allylic oxidation sites excluding steroid dienone is 6. The van der Waals surface area contributed by atoms with Gasteiger partial charge in [0.15, 0.2) is 0 Å². The number of fused-ring (bicyclic) bond motifs is 6. The van der Waals surface area contributed by atoms with Crippen LogP contribution in [0.4, 0.5) is 17.1 Å². The van der Waals surface area contributed by atoms with Crippen molar-refractivity contribution in [3.63, 3.8) is 0 Å². The van der Waals surface area contributed by atoms with Crippen molar-refractivity contribution in [2.45, 2.75) is 50.2 Å². The van der Waals surface area contributed by atoms with Crippen molar-refractivity contribution < 1.29 is 0 Å². The van der Waals surface area contributed by atoms with E-state index in [1.54, 1.807) is 0 Å². The van der Waals surface area contributed by atoms with E-state index in [2.05, 4.69) is 175 Å². The number of anilines is 3. The molecule has 0 spiro atoms. The molecule has 0 saturated heterocycles. The lowest BCUT2D eigenvalue weighted by Crippen LogP contribution is -2.43. The minimum Gasteiger partial charge on any atom is -0.356 e. The SMILES string of the molecule is CC1=CC2c3c(-c4cccc(C5C=CC=C6c7ccccc7N(C7C=CC=CC7)C65)c4)cccc3N(c3cccc(C)c3)C2C=C1. The third kappa shape index (κ3) is 4.24. The van der Waals surface area contributed by atoms with Crippen LogP contribution in [0, 0.1) is 6.92 Å². The maximum Gasteiger partial charge on any atom is 0.0658 e. The summed E-state index contributed by atoms with van der Waals surface area (Å²) in [5, 5.41) is 0. The zero-order chi connectivity index (χ0) is 30.8. The molecule has 2 heteroatoms. The molecule has 0 fully saturated rings. The lowest BCUT2D eigenvalue weighted by molar-refractivity contribution is 0.599. The highest BCUT2D eigenvalue weighted by Crippen LogP contribution is 2.53. The van der Waals surface area contributed by atoms with Crippen LogP contribution < -0.4 is 9.80 Å². The summed E-state index contributed by atoms with van der Waals surface area (Å²) in [5.41, 5.74) is 14.8. The average Bonchev–Trinajstić information content (AvgIpc) is 3.61. The Balaban J connectivity index is 1.15. The Morgan fingerprint density at radius 1 is 0.696 bits per heavy atom. The number of hydrogen-bond acceptors (Lipinski definition) is 2. The van der Waals surface area contributed by atoms with E-state index < -0.39 is 0 Å². The molecule has 0 N–H and O–H groups in total. The molecule has 5 aliphatic rings. The van der Waals surface area contributed by atoms with Crippen LogP contribution in [-0.2, 0) is 0 Å². The van der Waals surface area contributed by atoms with Gasteiger partial charge in [-0.3, -0.25) is 0 Å². The highest BCUT2D eigenvalue weighted by molar-refractivity contribution is 5.91. The molecule has 4 aromatic rings. The Morgan fingerprint density at radius 3 is 2.43 bits per heavy atom. The monoisotopic (exact) mass is 594 g/mol. The van der Waals surface area contributed by atoms with Gasteiger partial charge in [-0.15, -0.1) is 0 Å². The standard InChI is InChI=1S/C44H38N2/c1-29-12-8-17-34(26-29)45-41-25-24-30(2)27-39(41)43-35(19-11-23-42(43)45)31-13-9-14-32(28-31)36-20-10-21-38-37-18-6-7-22-40(37)46(44(36)38)33-15-4-3-5-16-33/h3-15,17-28,33,36,39,41,44H,16H2,1-2H3. The molecular formula is C44H38N2. The van der Waals surface area contributed by atoms with E-state index in [9.17, 15) is 0 Å². The van der Waals surface area contributed by atoms with Crippen LogP contribution in [-0.4, -0.2) is 18.1 Å². The highest BCUT2D eigenvalue weighted by atomic mass is 15.2. The smallest absolute Gasteiger partial charge is 0.0658 e. The molecule has 2 aliphatic heterocycles. The Morgan fingerprint density at radius 2 is 1.54 bits per heavy atom. The van der Waals surface area contributed by atoms with Crippen LogP contribution in [0.25, 0.3) is 16.7 Å². The van der Waals surface area contributed by atoms with Gasteiger partial charge >= 0.3 is 0 Å². The summed E-state index contributed by atoms with van der Waals surface area (Å²) in [6, 6.07) is 35.1. The minimum absolute atomic E-state index is 0.250. The first-order valence-corrected chi connectivity index (χ1v) is 16.7. The quantitative estimate of drug-likeness (QED) is 0.232. The van der Waals surface area contributed by atoms with Crippen molar-refractivity contribution in [2.24, 2.45) is 0 Å². The molecule has 9 rings (SSSR count). The third-order valence-corrected chi connectivity index (χ3v) is 10.6. The van der Waals surface area contributed by atoms with Crippen LogP contribution in [0.1, 0.15) is 47.4 Å². The molecule has 5 atom stereocenters. The van der Waals surface area contributed by atoms with Gasteiger partial charge in [0.25, 0.3) is 0 Å². The molecule has 0 amide bonds. The first-order chi connectivity index (χ1) is 22.7. The number of para-hydroxylation sites is 1. The highest BCUT2D eigenvalue weighted by Gasteiger charge is 2.43. The third-order valence-electron chi connectivity index (χ3n) is 10.6. The van der Waals surface area contributed by atoms with Gasteiger partial charge in [0.05, 0.1) is 18.1 Å². The van der Waals surface area contributed by atoms with Gasteiger partial charge in [0.2, 0.25) is 0 Å². The zero-order valence-corrected chi connectivity index (χ0v) is 26.4. The Kier molecular flexibility index (Phi) is 6.38. The second-order valence-corrected chi connectivity index (χ2v) is 13.4. The van der Waals surface area contributed by atoms with Crippen LogP contribution in [0.15, 0.2) is 157 Å². The average molecular weight is 595 g/mol. The maximum atomic E-state index is 2.69. The molecule has 0 aromatic heterocycles. The maximum absolute atomic E-state index is 2.69. The first kappa shape index (κ1) is 27.2. The summed E-state index contributed by atoms with van der Waals surface area (Å²) in [6.07, 6.45) is 24.4. The summed E-state index contributed by atoms with van der Waals surface area (Å²) in [7, 11) is 0. The van der Waals surface area contributed by atoms with Gasteiger partial charge in [0, 0.05) is 34.5 Å². The normalized spacial score (nSPS) is 25.1. The number of hydrogen-bond donors (Lipinski definition) is 0. The lowest BCUT2D eigenvalue weighted by Gasteiger charge is -2.39. The number of rotatable bonds is 4. The first-order valence-electron chi connectivity index (χ1n) is 16.7. The lowest BCUT2D eigenvalue weighted by atomic mass is 9.80. The van der Waals surface area contributed by atoms with Crippen molar-refractivity contribution >= 4 is 22.6 Å². The molecule has 224 valence electrons. The van der Waals surface area contributed by atoms with Gasteiger partial charge in [0.1, 0.15) is 0 Å². The molecule has 0 radical (unpaired) electrons.